The predicted octanol–water partition coefficient (Wildman–Crippen LogP) is 5.42. The number of imidazole rings is 1. The Balaban J connectivity index is 0.000000194. The van der Waals surface area contributed by atoms with Crippen LogP contribution in [0.1, 0.15) is 40.9 Å². The molecule has 1 unspecified atom stereocenters. The number of ether oxygens (including phenoxy) is 2. The van der Waals surface area contributed by atoms with Gasteiger partial charge in [-0.25, -0.2) is 9.78 Å². The highest BCUT2D eigenvalue weighted by Gasteiger charge is 2.27. The number of H-pyrrole nitrogens is 1. The highest BCUT2D eigenvalue weighted by molar-refractivity contribution is 5.79. The summed E-state index contributed by atoms with van der Waals surface area (Å²) in [5.41, 5.74) is 5.67. The Kier molecular flexibility index (Phi) is 11.6. The quantitative estimate of drug-likeness (QED) is 0.0857. The van der Waals surface area contributed by atoms with Crippen molar-refractivity contribution in [2.24, 2.45) is 0 Å². The van der Waals surface area contributed by atoms with Crippen LogP contribution in [0, 0.1) is 0 Å². The maximum Gasteiger partial charge on any atom is 0.407 e. The average molecular weight is 652 g/mol. The molecule has 0 saturated carbocycles. The van der Waals surface area contributed by atoms with Crippen LogP contribution < -0.4 is 16.0 Å². The van der Waals surface area contributed by atoms with Gasteiger partial charge in [0.05, 0.1) is 42.9 Å². The summed E-state index contributed by atoms with van der Waals surface area (Å²) in [7, 11) is 3.21. The van der Waals surface area contributed by atoms with Crippen LogP contribution in [0.2, 0.25) is 0 Å². The number of para-hydroxylation sites is 1. The lowest BCUT2D eigenvalue weighted by molar-refractivity contribution is -0.109. The summed E-state index contributed by atoms with van der Waals surface area (Å²) in [5, 5.41) is 28.5. The number of methoxy groups -OCH3 is 1. The van der Waals surface area contributed by atoms with Gasteiger partial charge in [-0.2, -0.15) is 0 Å². The second kappa shape index (κ2) is 16.4. The molecule has 3 atom stereocenters. The molecule has 0 bridgehead atoms. The van der Waals surface area contributed by atoms with Gasteiger partial charge in [0.25, 0.3) is 0 Å². The molecule has 0 aliphatic carbocycles. The molecule has 6 N–H and O–H groups in total. The Morgan fingerprint density at radius 2 is 1.65 bits per heavy atom. The summed E-state index contributed by atoms with van der Waals surface area (Å²) in [6.07, 6.45) is 2.17. The van der Waals surface area contributed by atoms with Crippen LogP contribution in [0.3, 0.4) is 0 Å². The summed E-state index contributed by atoms with van der Waals surface area (Å²) >= 11 is 0. The largest absolute Gasteiger partial charge is 0.504 e. The van der Waals surface area contributed by atoms with Gasteiger partial charge in [-0.3, -0.25) is 0 Å². The molecule has 4 aromatic carbocycles. The summed E-state index contributed by atoms with van der Waals surface area (Å²) in [4.78, 5) is 30.6. The fourth-order valence-corrected chi connectivity index (χ4v) is 5.82. The zero-order chi connectivity index (χ0) is 33.9. The first-order valence-electron chi connectivity index (χ1n) is 15.8. The topological polar surface area (TPSA) is 158 Å². The third kappa shape index (κ3) is 8.49. The third-order valence-electron chi connectivity index (χ3n) is 8.33. The molecule has 250 valence electrons. The van der Waals surface area contributed by atoms with Crippen LogP contribution in [0.15, 0.2) is 97.1 Å². The van der Waals surface area contributed by atoms with E-state index in [4.69, 9.17) is 4.74 Å². The van der Waals surface area contributed by atoms with Crippen molar-refractivity contribution in [1.29, 1.82) is 0 Å². The SMILES string of the molecule is CNc1ccccc1CC[C@@H]1CN[C@H](c2nc3cc(O)c(O)cc3[nH]2)CO1.COC(=O)NC(C=O)C(c1ccccc1)c1ccccc1. The zero-order valence-electron chi connectivity index (χ0n) is 26.9. The Labute approximate surface area is 279 Å². The molecule has 1 aliphatic rings. The van der Waals surface area contributed by atoms with E-state index >= 15 is 0 Å². The second-order valence-electron chi connectivity index (χ2n) is 11.4. The monoisotopic (exact) mass is 651 g/mol. The van der Waals surface area contributed by atoms with Gasteiger partial charge in [-0.15, -0.1) is 0 Å². The van der Waals surface area contributed by atoms with E-state index in [1.54, 1.807) is 0 Å². The number of phenols is 2. The minimum Gasteiger partial charge on any atom is -0.504 e. The van der Waals surface area contributed by atoms with Gasteiger partial charge < -0.3 is 45.4 Å². The van der Waals surface area contributed by atoms with E-state index in [9.17, 15) is 19.8 Å². The van der Waals surface area contributed by atoms with E-state index in [1.807, 2.05) is 73.8 Å². The number of aldehydes is 1. The maximum atomic E-state index is 11.5. The average Bonchev–Trinajstić information content (AvgIpc) is 3.54. The van der Waals surface area contributed by atoms with Crippen LogP contribution >= 0.6 is 0 Å². The van der Waals surface area contributed by atoms with E-state index in [-0.39, 0.29) is 29.6 Å². The number of rotatable bonds is 10. The van der Waals surface area contributed by atoms with Crippen LogP contribution in [0.5, 0.6) is 11.5 Å². The molecular formula is C37H41N5O6. The first-order valence-corrected chi connectivity index (χ1v) is 15.8. The Hall–Kier alpha value is -5.39. The van der Waals surface area contributed by atoms with Gasteiger partial charge in [-0.1, -0.05) is 78.9 Å². The molecule has 1 aromatic heterocycles. The first-order chi connectivity index (χ1) is 23.4. The standard InChI is InChI=1S/C20H24N4O3.C17H17NO3/c1-21-14-5-3-2-4-12(14)6-7-13-10-22-17(11-27-13)20-23-15-8-18(25)19(26)9-16(15)24-20;1-21-17(20)18-15(12-19)16(13-8-4-2-5-9-13)14-10-6-3-7-11-14/h2-5,8-9,13,17,21-22,25-26H,6-7,10-11H2,1H3,(H,23,24);2-12,15-16H,1H3,(H,18,20)/t13-,17+;/m1./s1. The molecule has 11 heteroatoms. The molecule has 0 spiro atoms. The van der Waals surface area contributed by atoms with E-state index in [0.717, 1.165) is 48.3 Å². The van der Waals surface area contributed by atoms with Crippen LogP contribution in [0.25, 0.3) is 11.0 Å². The van der Waals surface area contributed by atoms with Crippen LogP contribution in [-0.2, 0) is 20.7 Å². The van der Waals surface area contributed by atoms with Crippen molar-refractivity contribution >= 4 is 29.1 Å². The number of anilines is 1. The summed E-state index contributed by atoms with van der Waals surface area (Å²) in [6, 6.07) is 29.7. The van der Waals surface area contributed by atoms with Crippen molar-refractivity contribution in [2.45, 2.75) is 36.9 Å². The number of phenolic OH excluding ortho intramolecular Hbond substituents is 2. The van der Waals surface area contributed by atoms with E-state index < -0.39 is 12.1 Å². The lowest BCUT2D eigenvalue weighted by Gasteiger charge is -2.29. The van der Waals surface area contributed by atoms with Crippen molar-refractivity contribution in [3.8, 4) is 11.5 Å². The third-order valence-corrected chi connectivity index (χ3v) is 8.33. The fourth-order valence-electron chi connectivity index (χ4n) is 5.82. The van der Waals surface area contributed by atoms with Gasteiger partial charge in [0, 0.05) is 37.3 Å². The number of nitrogens with zero attached hydrogens (tertiary/aromatic N) is 1. The number of aromatic hydroxyl groups is 2. The molecule has 48 heavy (non-hydrogen) atoms. The number of aryl methyl sites for hydroxylation is 1. The van der Waals surface area contributed by atoms with Gasteiger partial charge in [0.2, 0.25) is 0 Å². The number of amides is 1. The van der Waals surface area contributed by atoms with Gasteiger partial charge in [0.1, 0.15) is 12.1 Å². The van der Waals surface area contributed by atoms with Gasteiger partial charge in [-0.05, 0) is 35.6 Å². The van der Waals surface area contributed by atoms with Crippen molar-refractivity contribution in [2.75, 3.05) is 32.6 Å². The Morgan fingerprint density at radius 1 is 1.00 bits per heavy atom. The molecule has 1 amide bonds. The number of hydrogen-bond donors (Lipinski definition) is 6. The number of aromatic amines is 1. The number of carbonyl (C=O) groups excluding carboxylic acids is 2. The number of nitrogens with one attached hydrogen (secondary N) is 4. The number of hydrogen-bond acceptors (Lipinski definition) is 9. The smallest absolute Gasteiger partial charge is 0.407 e. The lowest BCUT2D eigenvalue weighted by atomic mass is 9.85. The number of fused-ring (bicyclic) bond motifs is 1. The first kappa shape index (κ1) is 34.0. The molecule has 1 aliphatic heterocycles. The normalized spacial score (nSPS) is 16.4. The summed E-state index contributed by atoms with van der Waals surface area (Å²) in [5.74, 6) is 0.153. The van der Waals surface area contributed by atoms with Crippen LogP contribution in [-0.4, -0.2) is 72.0 Å². The van der Waals surface area contributed by atoms with E-state index in [2.05, 4.69) is 48.9 Å². The summed E-state index contributed by atoms with van der Waals surface area (Å²) < 4.78 is 10.6. The highest BCUT2D eigenvalue weighted by atomic mass is 16.5. The Morgan fingerprint density at radius 3 is 2.25 bits per heavy atom. The lowest BCUT2D eigenvalue weighted by Crippen LogP contribution is -2.41. The van der Waals surface area contributed by atoms with Crippen molar-refractivity contribution in [3.05, 3.63) is 120 Å². The van der Waals surface area contributed by atoms with Crippen molar-refractivity contribution in [1.82, 2.24) is 20.6 Å². The van der Waals surface area contributed by atoms with E-state index in [0.29, 0.717) is 17.6 Å². The van der Waals surface area contributed by atoms with Crippen LogP contribution in [0.4, 0.5) is 10.5 Å². The van der Waals surface area contributed by atoms with Gasteiger partial charge >= 0.3 is 6.09 Å². The minimum atomic E-state index is -0.692. The number of aromatic nitrogens is 2. The number of alkyl carbamates (subject to hydrolysis) is 1. The Bertz CT molecular complexity index is 1700. The molecule has 11 nitrogen and oxygen atoms in total. The minimum absolute atomic E-state index is 0.0393. The molecular weight excluding hydrogens is 610 g/mol. The maximum absolute atomic E-state index is 11.5. The molecule has 1 fully saturated rings. The molecule has 6 rings (SSSR count). The number of benzene rings is 4. The van der Waals surface area contributed by atoms with Crippen molar-refractivity contribution < 1.29 is 29.3 Å². The summed E-state index contributed by atoms with van der Waals surface area (Å²) in [6.45, 7) is 1.27. The molecule has 5 aromatic rings. The number of carbonyl (C=O) groups is 2. The second-order valence-corrected chi connectivity index (χ2v) is 11.4. The predicted molar refractivity (Wildman–Crippen MR) is 184 cm³/mol. The van der Waals surface area contributed by atoms with Gasteiger partial charge in [0.15, 0.2) is 11.5 Å². The molecule has 2 heterocycles. The highest BCUT2D eigenvalue weighted by Crippen LogP contribution is 2.31. The fraction of sp³-hybridized carbons (Fsp3) is 0.270. The molecule has 1 saturated heterocycles. The molecule has 0 radical (unpaired) electrons. The van der Waals surface area contributed by atoms with Crippen molar-refractivity contribution in [3.63, 3.8) is 0 Å². The van der Waals surface area contributed by atoms with E-state index in [1.165, 1.54) is 24.8 Å². The zero-order valence-corrected chi connectivity index (χ0v) is 26.9. The number of morpholine rings is 1.